The van der Waals surface area contributed by atoms with Crippen LogP contribution in [0.1, 0.15) is 56.3 Å². The van der Waals surface area contributed by atoms with E-state index in [-0.39, 0.29) is 18.3 Å². The van der Waals surface area contributed by atoms with Gasteiger partial charge in [-0.05, 0) is 105 Å². The van der Waals surface area contributed by atoms with Crippen LogP contribution >= 0.6 is 23.2 Å². The van der Waals surface area contributed by atoms with Gasteiger partial charge in [-0.15, -0.1) is 0 Å². The zero-order valence-electron chi connectivity index (χ0n) is 26.0. The van der Waals surface area contributed by atoms with Crippen LogP contribution < -0.4 is 21.3 Å². The SMILES string of the molecule is CC(C)(C)OC(=O)NCc1cccc(N/C(=C\C(=N)C(F)(F)F)C(=O)Nc2cccc(C(NCC3CC3)c3ccc(Cl)cc3Cl)c2)c1. The fourth-order valence-corrected chi connectivity index (χ4v) is 5.05. The average molecular weight is 691 g/mol. The summed E-state index contributed by atoms with van der Waals surface area (Å²) in [6.07, 6.45) is -2.94. The molecule has 1 atom stereocenters. The molecule has 250 valence electrons. The molecule has 0 spiro atoms. The summed E-state index contributed by atoms with van der Waals surface area (Å²) in [5, 5.41) is 20.0. The second-order valence-corrected chi connectivity index (χ2v) is 13.0. The number of carbonyl (C=O) groups excluding carboxylic acids is 2. The van der Waals surface area contributed by atoms with Crippen molar-refractivity contribution in [1.29, 1.82) is 5.41 Å². The number of alkyl halides is 3. The molecule has 0 saturated heterocycles. The van der Waals surface area contributed by atoms with Crippen LogP contribution in [0.3, 0.4) is 0 Å². The molecule has 3 aromatic carbocycles. The maximum absolute atomic E-state index is 13.4. The van der Waals surface area contributed by atoms with Crippen LogP contribution in [0, 0.1) is 11.3 Å². The van der Waals surface area contributed by atoms with Crippen molar-refractivity contribution < 1.29 is 27.5 Å². The largest absolute Gasteiger partial charge is 0.444 e. The first kappa shape index (κ1) is 35.8. The van der Waals surface area contributed by atoms with Gasteiger partial charge in [0.05, 0.1) is 6.04 Å². The van der Waals surface area contributed by atoms with E-state index in [0.29, 0.717) is 33.3 Å². The summed E-state index contributed by atoms with van der Waals surface area (Å²) in [4.78, 5) is 25.5. The van der Waals surface area contributed by atoms with E-state index < -0.39 is 35.2 Å². The van der Waals surface area contributed by atoms with E-state index in [1.165, 1.54) is 0 Å². The fraction of sp³-hybridized carbons (Fsp3) is 0.324. The number of nitrogens with one attached hydrogen (secondary N) is 5. The smallest absolute Gasteiger partial charge is 0.432 e. The van der Waals surface area contributed by atoms with Gasteiger partial charge in [0, 0.05) is 28.0 Å². The predicted octanol–water partition coefficient (Wildman–Crippen LogP) is 8.62. The summed E-state index contributed by atoms with van der Waals surface area (Å²) in [6, 6.07) is 18.2. The Balaban J connectivity index is 1.56. The predicted molar refractivity (Wildman–Crippen MR) is 179 cm³/mol. The molecule has 1 aliphatic carbocycles. The van der Waals surface area contributed by atoms with Crippen LogP contribution in [-0.4, -0.2) is 36.0 Å². The van der Waals surface area contributed by atoms with E-state index in [0.717, 1.165) is 30.5 Å². The number of anilines is 2. The van der Waals surface area contributed by atoms with Gasteiger partial charge in [-0.3, -0.25) is 10.2 Å². The normalized spacial score (nSPS) is 14.3. The highest BCUT2D eigenvalue weighted by Crippen LogP contribution is 2.34. The molecule has 1 unspecified atom stereocenters. The van der Waals surface area contributed by atoms with Crippen molar-refractivity contribution >= 4 is 52.3 Å². The molecule has 0 aromatic heterocycles. The first-order valence-corrected chi connectivity index (χ1v) is 15.6. The van der Waals surface area contributed by atoms with Crippen molar-refractivity contribution in [2.45, 2.75) is 58.0 Å². The van der Waals surface area contributed by atoms with Crippen LogP contribution in [0.4, 0.5) is 29.3 Å². The average Bonchev–Trinajstić information content (AvgIpc) is 3.80. The number of allylic oxidation sites excluding steroid dienone is 1. The van der Waals surface area contributed by atoms with E-state index in [1.54, 1.807) is 75.4 Å². The van der Waals surface area contributed by atoms with E-state index in [1.807, 2.05) is 12.1 Å². The van der Waals surface area contributed by atoms with Crippen molar-refractivity contribution in [2.75, 3.05) is 17.2 Å². The van der Waals surface area contributed by atoms with Crippen LogP contribution in [-0.2, 0) is 16.1 Å². The molecule has 0 radical (unpaired) electrons. The van der Waals surface area contributed by atoms with Gasteiger partial charge in [0.25, 0.3) is 5.91 Å². The maximum atomic E-state index is 13.4. The lowest BCUT2D eigenvalue weighted by Gasteiger charge is -2.22. The summed E-state index contributed by atoms with van der Waals surface area (Å²) < 4.78 is 45.4. The standard InChI is InChI=1S/C34H36Cl2F3N5O3/c1-33(2,3)47-32(46)42-19-21-6-4-8-24(14-21)43-28(17-29(40)34(37,38)39)31(45)44-25-9-5-7-22(15-25)30(41-18-20-10-11-20)26-13-12-23(35)16-27(26)36/h4-9,12-17,20,30,40-41,43H,10-11,18-19H2,1-3H3,(H,42,46)(H,44,45)/b28-17-,40-29?. The molecule has 2 amide bonds. The molecule has 1 fully saturated rings. The van der Waals surface area contributed by atoms with Crippen LogP contribution in [0.2, 0.25) is 10.0 Å². The van der Waals surface area contributed by atoms with Crippen LogP contribution in [0.5, 0.6) is 0 Å². The van der Waals surface area contributed by atoms with Gasteiger partial charge in [0.1, 0.15) is 17.0 Å². The Morgan fingerprint density at radius 2 is 1.66 bits per heavy atom. The quantitative estimate of drug-likeness (QED) is 0.0965. The lowest BCUT2D eigenvalue weighted by atomic mass is 9.97. The second-order valence-electron chi connectivity index (χ2n) is 12.2. The van der Waals surface area contributed by atoms with Gasteiger partial charge in [-0.1, -0.05) is 53.5 Å². The fourth-order valence-electron chi connectivity index (χ4n) is 4.53. The lowest BCUT2D eigenvalue weighted by Crippen LogP contribution is -2.32. The summed E-state index contributed by atoms with van der Waals surface area (Å²) in [7, 11) is 0. The van der Waals surface area contributed by atoms with Gasteiger partial charge >= 0.3 is 12.3 Å². The lowest BCUT2D eigenvalue weighted by molar-refractivity contribution is -0.112. The number of hydrogen-bond donors (Lipinski definition) is 5. The number of ether oxygens (including phenoxy) is 1. The maximum Gasteiger partial charge on any atom is 0.432 e. The molecule has 47 heavy (non-hydrogen) atoms. The zero-order valence-corrected chi connectivity index (χ0v) is 27.5. The summed E-state index contributed by atoms with van der Waals surface area (Å²) in [6.45, 7) is 6.00. The number of amides is 2. The van der Waals surface area contributed by atoms with Crippen molar-refractivity contribution in [3.05, 3.63) is 105 Å². The van der Waals surface area contributed by atoms with Gasteiger partial charge in [-0.2, -0.15) is 13.2 Å². The molecule has 0 aliphatic heterocycles. The number of alkyl carbamates (subject to hydrolysis) is 1. The van der Waals surface area contributed by atoms with E-state index in [9.17, 15) is 22.8 Å². The van der Waals surface area contributed by atoms with E-state index in [4.69, 9.17) is 33.3 Å². The molecule has 1 aliphatic rings. The number of rotatable bonds is 12. The Kier molecular flexibility index (Phi) is 11.6. The first-order chi connectivity index (χ1) is 22.1. The van der Waals surface area contributed by atoms with Crippen molar-refractivity contribution in [2.24, 2.45) is 5.92 Å². The molecule has 1 saturated carbocycles. The molecule has 3 aromatic rings. The molecular weight excluding hydrogens is 654 g/mol. The molecule has 0 heterocycles. The first-order valence-electron chi connectivity index (χ1n) is 14.9. The van der Waals surface area contributed by atoms with Gasteiger partial charge in [0.15, 0.2) is 0 Å². The summed E-state index contributed by atoms with van der Waals surface area (Å²) in [5.41, 5.74) is -0.212. The topological polar surface area (TPSA) is 115 Å². The highest BCUT2D eigenvalue weighted by molar-refractivity contribution is 6.35. The summed E-state index contributed by atoms with van der Waals surface area (Å²) in [5.74, 6) is -0.346. The van der Waals surface area contributed by atoms with Crippen LogP contribution in [0.15, 0.2) is 78.5 Å². The Morgan fingerprint density at radius 3 is 2.30 bits per heavy atom. The molecular formula is C34H36Cl2F3N5O3. The Bertz CT molecular complexity index is 1650. The summed E-state index contributed by atoms with van der Waals surface area (Å²) >= 11 is 12.7. The van der Waals surface area contributed by atoms with Crippen LogP contribution in [0.25, 0.3) is 0 Å². The number of halogens is 5. The van der Waals surface area contributed by atoms with Gasteiger partial charge in [-0.25, -0.2) is 4.79 Å². The minimum Gasteiger partial charge on any atom is -0.444 e. The molecule has 0 bridgehead atoms. The molecule has 5 N–H and O–H groups in total. The third-order valence-corrected chi connectivity index (χ3v) is 7.50. The highest BCUT2D eigenvalue weighted by atomic mass is 35.5. The Morgan fingerprint density at radius 1 is 0.979 bits per heavy atom. The second kappa shape index (κ2) is 15.2. The highest BCUT2D eigenvalue weighted by Gasteiger charge is 2.34. The zero-order chi connectivity index (χ0) is 34.4. The third kappa shape index (κ3) is 11.3. The van der Waals surface area contributed by atoms with Crippen molar-refractivity contribution in [3.8, 4) is 0 Å². The Labute approximate surface area is 281 Å². The third-order valence-electron chi connectivity index (χ3n) is 6.94. The molecule has 4 rings (SSSR count). The minimum absolute atomic E-state index is 0.0639. The number of hydrogen-bond acceptors (Lipinski definition) is 6. The van der Waals surface area contributed by atoms with Crippen molar-refractivity contribution in [1.82, 2.24) is 10.6 Å². The van der Waals surface area contributed by atoms with Crippen molar-refractivity contribution in [3.63, 3.8) is 0 Å². The molecule has 8 nitrogen and oxygen atoms in total. The van der Waals surface area contributed by atoms with Gasteiger partial charge < -0.3 is 26.0 Å². The number of benzene rings is 3. The van der Waals surface area contributed by atoms with Gasteiger partial charge in [0.2, 0.25) is 0 Å². The van der Waals surface area contributed by atoms with E-state index in [2.05, 4.69) is 21.3 Å². The molecule has 13 heteroatoms. The van der Waals surface area contributed by atoms with E-state index >= 15 is 0 Å². The number of carbonyl (C=O) groups is 2. The monoisotopic (exact) mass is 689 g/mol. The Hall–Kier alpha value is -4.06. The minimum atomic E-state index is -4.98.